The number of benzene rings is 1. The molecule has 1 aromatic rings. The Bertz CT molecular complexity index is 397. The summed E-state index contributed by atoms with van der Waals surface area (Å²) < 4.78 is 1.08. The zero-order valence-electron chi connectivity index (χ0n) is 9.90. The minimum Gasteiger partial charge on any atom is -0.370 e. The van der Waals surface area contributed by atoms with Crippen LogP contribution in [0.4, 0.5) is 0 Å². The summed E-state index contributed by atoms with van der Waals surface area (Å²) in [6.07, 6.45) is 3.77. The molecule has 0 bridgehead atoms. The third-order valence-electron chi connectivity index (χ3n) is 2.99. The van der Waals surface area contributed by atoms with E-state index in [2.05, 4.69) is 38.0 Å². The van der Waals surface area contributed by atoms with E-state index in [1.54, 1.807) is 0 Å². The SMILES string of the molecule is NC(=NCc1cccc(Br)c1)N1CCCCC1. The molecule has 0 atom stereocenters. The Balaban J connectivity index is 1.95. The summed E-state index contributed by atoms with van der Waals surface area (Å²) in [6.45, 7) is 2.75. The van der Waals surface area contributed by atoms with Gasteiger partial charge in [-0.2, -0.15) is 0 Å². The highest BCUT2D eigenvalue weighted by atomic mass is 79.9. The maximum absolute atomic E-state index is 6.00. The molecule has 0 aromatic heterocycles. The molecule has 1 heterocycles. The quantitative estimate of drug-likeness (QED) is 0.673. The first-order valence-corrected chi connectivity index (χ1v) is 6.84. The first-order chi connectivity index (χ1) is 8.25. The highest BCUT2D eigenvalue weighted by molar-refractivity contribution is 9.10. The number of nitrogens with zero attached hydrogens (tertiary/aromatic N) is 2. The lowest BCUT2D eigenvalue weighted by Gasteiger charge is -2.27. The van der Waals surface area contributed by atoms with Gasteiger partial charge in [0.05, 0.1) is 6.54 Å². The lowest BCUT2D eigenvalue weighted by Crippen LogP contribution is -2.40. The molecule has 2 rings (SSSR count). The van der Waals surface area contributed by atoms with Crippen LogP contribution in [0.15, 0.2) is 33.7 Å². The van der Waals surface area contributed by atoms with Gasteiger partial charge in [-0.3, -0.25) is 0 Å². The molecule has 0 unspecified atom stereocenters. The number of nitrogens with two attached hydrogens (primary N) is 1. The summed E-state index contributed by atoms with van der Waals surface area (Å²) in [5.41, 5.74) is 7.18. The molecule has 0 saturated carbocycles. The van der Waals surface area contributed by atoms with E-state index in [4.69, 9.17) is 5.73 Å². The van der Waals surface area contributed by atoms with E-state index in [0.717, 1.165) is 17.6 Å². The van der Waals surface area contributed by atoms with Crippen molar-refractivity contribution in [2.24, 2.45) is 10.7 Å². The molecular formula is C13H18BrN3. The third-order valence-corrected chi connectivity index (χ3v) is 3.49. The van der Waals surface area contributed by atoms with Gasteiger partial charge >= 0.3 is 0 Å². The molecular weight excluding hydrogens is 278 g/mol. The first kappa shape index (κ1) is 12.4. The van der Waals surface area contributed by atoms with Gasteiger partial charge in [0.1, 0.15) is 0 Å². The van der Waals surface area contributed by atoms with E-state index in [0.29, 0.717) is 12.5 Å². The molecule has 4 heteroatoms. The second-order valence-electron chi connectivity index (χ2n) is 4.35. The fourth-order valence-electron chi connectivity index (χ4n) is 2.03. The third kappa shape index (κ3) is 3.73. The number of hydrogen-bond donors (Lipinski definition) is 1. The standard InChI is InChI=1S/C13H18BrN3/c14-12-6-4-5-11(9-12)10-16-13(15)17-7-2-1-3-8-17/h4-6,9H,1-3,7-8,10H2,(H2,15,16). The predicted molar refractivity (Wildman–Crippen MR) is 74.9 cm³/mol. The lowest BCUT2D eigenvalue weighted by atomic mass is 10.1. The van der Waals surface area contributed by atoms with Gasteiger partial charge in [0.2, 0.25) is 0 Å². The highest BCUT2D eigenvalue weighted by Gasteiger charge is 2.11. The summed E-state index contributed by atoms with van der Waals surface area (Å²) in [6, 6.07) is 8.18. The Morgan fingerprint density at radius 3 is 2.76 bits per heavy atom. The lowest BCUT2D eigenvalue weighted by molar-refractivity contribution is 0.338. The molecule has 0 radical (unpaired) electrons. The van der Waals surface area contributed by atoms with Crippen LogP contribution in [0.25, 0.3) is 0 Å². The maximum Gasteiger partial charge on any atom is 0.191 e. The summed E-state index contributed by atoms with van der Waals surface area (Å²) in [5, 5.41) is 0. The molecule has 0 spiro atoms. The predicted octanol–water partition coefficient (Wildman–Crippen LogP) is 2.75. The number of piperidine rings is 1. The fourth-order valence-corrected chi connectivity index (χ4v) is 2.48. The number of guanidine groups is 1. The van der Waals surface area contributed by atoms with Crippen LogP contribution in [0, 0.1) is 0 Å². The summed E-state index contributed by atoms with van der Waals surface area (Å²) >= 11 is 3.46. The molecule has 1 aliphatic heterocycles. The van der Waals surface area contributed by atoms with Crippen LogP contribution < -0.4 is 5.73 Å². The van der Waals surface area contributed by atoms with Crippen molar-refractivity contribution in [2.45, 2.75) is 25.8 Å². The molecule has 1 aliphatic rings. The second kappa shape index (κ2) is 6.05. The van der Waals surface area contributed by atoms with E-state index >= 15 is 0 Å². The van der Waals surface area contributed by atoms with Crippen LogP contribution in [0.3, 0.4) is 0 Å². The van der Waals surface area contributed by atoms with Crippen LogP contribution >= 0.6 is 15.9 Å². The van der Waals surface area contributed by atoms with Crippen molar-refractivity contribution in [1.29, 1.82) is 0 Å². The van der Waals surface area contributed by atoms with Crippen LogP contribution in [0.2, 0.25) is 0 Å². The van der Waals surface area contributed by atoms with Gasteiger partial charge in [0.25, 0.3) is 0 Å². The molecule has 1 fully saturated rings. The molecule has 92 valence electrons. The van der Waals surface area contributed by atoms with E-state index in [1.807, 2.05) is 12.1 Å². The Hall–Kier alpha value is -1.03. The fraction of sp³-hybridized carbons (Fsp3) is 0.462. The highest BCUT2D eigenvalue weighted by Crippen LogP contribution is 2.13. The zero-order valence-corrected chi connectivity index (χ0v) is 11.5. The van der Waals surface area contributed by atoms with Crippen molar-refractivity contribution in [3.05, 3.63) is 34.3 Å². The van der Waals surface area contributed by atoms with Gasteiger partial charge in [-0.25, -0.2) is 4.99 Å². The van der Waals surface area contributed by atoms with Gasteiger partial charge in [-0.15, -0.1) is 0 Å². The molecule has 3 nitrogen and oxygen atoms in total. The van der Waals surface area contributed by atoms with E-state index < -0.39 is 0 Å². The summed E-state index contributed by atoms with van der Waals surface area (Å²) in [7, 11) is 0. The molecule has 17 heavy (non-hydrogen) atoms. The van der Waals surface area contributed by atoms with Gasteiger partial charge in [-0.05, 0) is 37.0 Å². The zero-order chi connectivity index (χ0) is 12.1. The number of rotatable bonds is 2. The molecule has 1 aromatic carbocycles. The van der Waals surface area contributed by atoms with Crippen molar-refractivity contribution in [2.75, 3.05) is 13.1 Å². The normalized spacial score (nSPS) is 17.2. The van der Waals surface area contributed by atoms with Crippen molar-refractivity contribution < 1.29 is 0 Å². The van der Waals surface area contributed by atoms with Crippen molar-refractivity contribution >= 4 is 21.9 Å². The van der Waals surface area contributed by atoms with Gasteiger partial charge in [0.15, 0.2) is 5.96 Å². The van der Waals surface area contributed by atoms with E-state index in [-0.39, 0.29) is 0 Å². The minimum atomic E-state index is 0.655. The smallest absolute Gasteiger partial charge is 0.191 e. The number of aliphatic imine (C=N–C) groups is 1. The Morgan fingerprint density at radius 1 is 1.29 bits per heavy atom. The Labute approximate surface area is 111 Å². The average molecular weight is 296 g/mol. The number of hydrogen-bond acceptors (Lipinski definition) is 1. The molecule has 0 amide bonds. The van der Waals surface area contributed by atoms with Crippen LogP contribution in [0.1, 0.15) is 24.8 Å². The molecule has 2 N–H and O–H groups in total. The van der Waals surface area contributed by atoms with Crippen molar-refractivity contribution in [1.82, 2.24) is 4.90 Å². The maximum atomic E-state index is 6.00. The first-order valence-electron chi connectivity index (χ1n) is 6.05. The average Bonchev–Trinajstić information content (AvgIpc) is 2.37. The van der Waals surface area contributed by atoms with Gasteiger partial charge < -0.3 is 10.6 Å². The van der Waals surface area contributed by atoms with Crippen LogP contribution in [-0.4, -0.2) is 23.9 Å². The van der Waals surface area contributed by atoms with Gasteiger partial charge in [0, 0.05) is 17.6 Å². The van der Waals surface area contributed by atoms with Crippen molar-refractivity contribution in [3.8, 4) is 0 Å². The van der Waals surface area contributed by atoms with E-state index in [1.165, 1.54) is 24.8 Å². The largest absolute Gasteiger partial charge is 0.370 e. The Morgan fingerprint density at radius 2 is 2.06 bits per heavy atom. The molecule has 1 saturated heterocycles. The van der Waals surface area contributed by atoms with Crippen molar-refractivity contribution in [3.63, 3.8) is 0 Å². The Kier molecular flexibility index (Phi) is 4.42. The summed E-state index contributed by atoms with van der Waals surface area (Å²) in [4.78, 5) is 6.64. The molecule has 0 aliphatic carbocycles. The number of halogens is 1. The minimum absolute atomic E-state index is 0.655. The number of likely N-dealkylation sites (tertiary alicyclic amines) is 1. The monoisotopic (exact) mass is 295 g/mol. The summed E-state index contributed by atoms with van der Waals surface area (Å²) in [5.74, 6) is 0.685. The topological polar surface area (TPSA) is 41.6 Å². The van der Waals surface area contributed by atoms with Gasteiger partial charge in [-0.1, -0.05) is 28.1 Å². The second-order valence-corrected chi connectivity index (χ2v) is 5.27. The van der Waals surface area contributed by atoms with Crippen LogP contribution in [-0.2, 0) is 6.54 Å². The van der Waals surface area contributed by atoms with E-state index in [9.17, 15) is 0 Å². The van der Waals surface area contributed by atoms with Crippen LogP contribution in [0.5, 0.6) is 0 Å².